The van der Waals surface area contributed by atoms with Crippen molar-refractivity contribution in [3.63, 3.8) is 0 Å². The zero-order valence-corrected chi connectivity index (χ0v) is 32.3. The molecule has 0 atom stereocenters. The maximum Gasteiger partial charge on any atom is 0.333 e. The Morgan fingerprint density at radius 3 is 2.21 bits per heavy atom. The van der Waals surface area contributed by atoms with Crippen LogP contribution in [0, 0.1) is 6.92 Å². The lowest BCUT2D eigenvalue weighted by Gasteiger charge is -2.42. The van der Waals surface area contributed by atoms with E-state index in [0.717, 1.165) is 27.5 Å². The third kappa shape index (κ3) is 3.94. The van der Waals surface area contributed by atoms with Crippen molar-refractivity contribution in [2.75, 3.05) is 4.81 Å². The Balaban J connectivity index is 1.21. The second-order valence-electron chi connectivity index (χ2n) is 16.1. The van der Waals surface area contributed by atoms with E-state index in [1.165, 1.54) is 103 Å². The van der Waals surface area contributed by atoms with Gasteiger partial charge in [0.1, 0.15) is 11.2 Å². The lowest BCUT2D eigenvalue weighted by molar-refractivity contribution is 0.669. The Kier molecular flexibility index (Phi) is 5.93. The van der Waals surface area contributed by atoms with E-state index in [-0.39, 0.29) is 6.85 Å². The quantitative estimate of drug-likeness (QED) is 0.164. The molecule has 0 bridgehead atoms. The van der Waals surface area contributed by atoms with Crippen molar-refractivity contribution in [2.24, 2.45) is 0 Å². The van der Waals surface area contributed by atoms with E-state index in [4.69, 9.17) is 4.42 Å². The molecule has 268 valence electrons. The van der Waals surface area contributed by atoms with Crippen molar-refractivity contribution in [2.45, 2.75) is 6.92 Å². The number of nitrogens with zero attached hydrogens (tertiary/aromatic N) is 2. The number of furan rings is 1. The van der Waals surface area contributed by atoms with Crippen molar-refractivity contribution in [3.8, 4) is 27.9 Å². The molecule has 0 spiro atoms. The predicted octanol–water partition coefficient (Wildman–Crippen LogP) is 13.4. The number of rotatable bonds is 2. The van der Waals surface area contributed by atoms with Gasteiger partial charge in [0.25, 0.3) is 0 Å². The first-order valence-electron chi connectivity index (χ1n) is 20.0. The standard InChI is InChI=1S/C53H31BN2OS/c1-30-18-22-33(23-19-30)56-43-15-7-4-12-35(43)41-27-39(32-20-24-37-36-13-5-8-16-46(36)57-47(37)26-32)51-50-34-11-3-2-10-31(34)21-25-44(50)55-45-28-40-38-14-6-9-17-48(38)58-49(40)29-42(45)54(56)52(41)53(51)55/h2-29H,1H3. The summed E-state index contributed by atoms with van der Waals surface area (Å²) < 4.78 is 11.8. The Bertz CT molecular complexity index is 3780. The van der Waals surface area contributed by atoms with E-state index >= 15 is 0 Å². The third-order valence-corrected chi connectivity index (χ3v) is 14.1. The van der Waals surface area contributed by atoms with Crippen LogP contribution < -0.4 is 15.7 Å². The number of aromatic nitrogens is 1. The summed E-state index contributed by atoms with van der Waals surface area (Å²) in [4.78, 5) is 2.62. The van der Waals surface area contributed by atoms with Gasteiger partial charge in [-0.3, -0.25) is 0 Å². The van der Waals surface area contributed by atoms with E-state index < -0.39 is 0 Å². The van der Waals surface area contributed by atoms with Crippen LogP contribution in [0.3, 0.4) is 0 Å². The smallest absolute Gasteiger partial charge is 0.333 e. The topological polar surface area (TPSA) is 21.3 Å². The van der Waals surface area contributed by atoms with Crippen LogP contribution in [0.25, 0.3) is 103 Å². The number of anilines is 2. The Morgan fingerprint density at radius 2 is 1.29 bits per heavy atom. The fourth-order valence-electron chi connectivity index (χ4n) is 10.5. The summed E-state index contributed by atoms with van der Waals surface area (Å²) in [5.41, 5.74) is 16.8. The first-order valence-corrected chi connectivity index (χ1v) is 20.8. The van der Waals surface area contributed by atoms with Crippen LogP contribution in [0.1, 0.15) is 5.56 Å². The van der Waals surface area contributed by atoms with Crippen LogP contribution >= 0.6 is 11.3 Å². The monoisotopic (exact) mass is 754 g/mol. The van der Waals surface area contributed by atoms with E-state index in [9.17, 15) is 0 Å². The van der Waals surface area contributed by atoms with Crippen molar-refractivity contribution >= 4 is 115 Å². The Hall–Kier alpha value is -7.08. The average Bonchev–Trinajstić information content (AvgIpc) is 3.95. The predicted molar refractivity (Wildman–Crippen MR) is 248 cm³/mol. The zero-order chi connectivity index (χ0) is 37.8. The molecule has 58 heavy (non-hydrogen) atoms. The molecular weight excluding hydrogens is 723 g/mol. The number of fused-ring (bicyclic) bond motifs is 16. The van der Waals surface area contributed by atoms with Crippen LogP contribution in [0.15, 0.2) is 174 Å². The molecule has 5 heterocycles. The number of para-hydroxylation sites is 2. The lowest BCUT2D eigenvalue weighted by atomic mass is 9.44. The highest BCUT2D eigenvalue weighted by atomic mass is 32.1. The van der Waals surface area contributed by atoms with Gasteiger partial charge in [-0.15, -0.1) is 11.3 Å². The maximum absolute atomic E-state index is 6.56. The van der Waals surface area contributed by atoms with Crippen molar-refractivity contribution in [3.05, 3.63) is 175 Å². The minimum Gasteiger partial charge on any atom is -0.456 e. The highest BCUT2D eigenvalue weighted by molar-refractivity contribution is 7.26. The van der Waals surface area contributed by atoms with Gasteiger partial charge in [0.15, 0.2) is 0 Å². The second-order valence-corrected chi connectivity index (χ2v) is 17.1. The average molecular weight is 755 g/mol. The van der Waals surface area contributed by atoms with Gasteiger partial charge in [0, 0.05) is 64.3 Å². The molecule has 3 aromatic heterocycles. The maximum atomic E-state index is 6.56. The van der Waals surface area contributed by atoms with Crippen molar-refractivity contribution in [1.82, 2.24) is 4.57 Å². The van der Waals surface area contributed by atoms with Gasteiger partial charge in [-0.2, -0.15) is 0 Å². The van der Waals surface area contributed by atoms with E-state index in [1.807, 2.05) is 11.3 Å². The fraction of sp³-hybridized carbons (Fsp3) is 0.0189. The second kappa shape index (κ2) is 11.1. The molecule has 12 aromatic rings. The first kappa shape index (κ1) is 31.1. The van der Waals surface area contributed by atoms with Crippen LogP contribution in [0.2, 0.25) is 0 Å². The van der Waals surface area contributed by atoms with Crippen LogP contribution in [0.5, 0.6) is 0 Å². The van der Waals surface area contributed by atoms with Gasteiger partial charge in [-0.05, 0) is 112 Å². The molecule has 2 aliphatic heterocycles. The first-order chi connectivity index (χ1) is 28.7. The molecule has 0 amide bonds. The number of hydrogen-bond acceptors (Lipinski definition) is 3. The van der Waals surface area contributed by atoms with Crippen LogP contribution in [-0.4, -0.2) is 11.4 Å². The SMILES string of the molecule is Cc1ccc(N2B3c4cc5sc6ccccc6c5cc4-n4c5ccc6ccccc6c5c5c(-c6ccc7c(c6)oc6ccccc67)cc(c3c54)-c3ccccc32)cc1. The fourth-order valence-corrected chi connectivity index (χ4v) is 11.7. The Morgan fingerprint density at radius 1 is 0.517 bits per heavy atom. The third-order valence-electron chi connectivity index (χ3n) is 13.0. The van der Waals surface area contributed by atoms with Gasteiger partial charge in [0.05, 0.1) is 11.0 Å². The highest BCUT2D eigenvalue weighted by Gasteiger charge is 2.45. The number of thiophene rings is 1. The molecule has 0 radical (unpaired) electrons. The summed E-state index contributed by atoms with van der Waals surface area (Å²) in [7, 11) is 0. The Labute approximate surface area is 337 Å². The summed E-state index contributed by atoms with van der Waals surface area (Å²) in [5, 5.41) is 10.00. The van der Waals surface area contributed by atoms with Gasteiger partial charge in [-0.1, -0.05) is 109 Å². The van der Waals surface area contributed by atoms with Crippen molar-refractivity contribution in [1.29, 1.82) is 0 Å². The number of aryl methyl sites for hydroxylation is 1. The number of benzene rings is 9. The minimum atomic E-state index is -0.0605. The van der Waals surface area contributed by atoms with Gasteiger partial charge >= 0.3 is 6.85 Å². The zero-order valence-electron chi connectivity index (χ0n) is 31.5. The lowest BCUT2D eigenvalue weighted by Crippen LogP contribution is -2.60. The molecule has 0 unspecified atom stereocenters. The molecule has 0 N–H and O–H groups in total. The molecule has 0 fully saturated rings. The molecule has 2 aliphatic rings. The molecule has 3 nitrogen and oxygen atoms in total. The largest absolute Gasteiger partial charge is 0.456 e. The molecule has 5 heteroatoms. The van der Waals surface area contributed by atoms with E-state index in [1.54, 1.807) is 0 Å². The summed E-state index contributed by atoms with van der Waals surface area (Å²) in [5.74, 6) is 0. The molecule has 0 aliphatic carbocycles. The summed E-state index contributed by atoms with van der Waals surface area (Å²) in [6.07, 6.45) is 0. The van der Waals surface area contributed by atoms with E-state index in [0.29, 0.717) is 0 Å². The normalized spacial score (nSPS) is 13.2. The van der Waals surface area contributed by atoms with Crippen LogP contribution in [0.4, 0.5) is 11.4 Å². The number of hydrogen-bond donors (Lipinski definition) is 0. The summed E-state index contributed by atoms with van der Waals surface area (Å²) in [6, 6.07) is 63.4. The van der Waals surface area contributed by atoms with Gasteiger partial charge < -0.3 is 13.8 Å². The van der Waals surface area contributed by atoms with Crippen LogP contribution in [-0.2, 0) is 0 Å². The summed E-state index contributed by atoms with van der Waals surface area (Å²) >= 11 is 1.90. The molecule has 0 saturated carbocycles. The van der Waals surface area contributed by atoms with Gasteiger partial charge in [0.2, 0.25) is 0 Å². The van der Waals surface area contributed by atoms with E-state index in [2.05, 4.69) is 186 Å². The molecule has 14 rings (SSSR count). The molecular formula is C53H31BN2OS. The molecule has 0 saturated heterocycles. The molecule has 9 aromatic carbocycles. The van der Waals surface area contributed by atoms with Gasteiger partial charge in [-0.25, -0.2) is 0 Å². The summed E-state index contributed by atoms with van der Waals surface area (Å²) in [6.45, 7) is 2.11. The van der Waals surface area contributed by atoms with Crippen molar-refractivity contribution < 1.29 is 4.42 Å². The highest BCUT2D eigenvalue weighted by Crippen LogP contribution is 2.50. The minimum absolute atomic E-state index is 0.0605.